The summed E-state index contributed by atoms with van der Waals surface area (Å²) in [4.78, 5) is 38.9. The van der Waals surface area contributed by atoms with Crippen molar-refractivity contribution in [1.29, 1.82) is 0 Å². The summed E-state index contributed by atoms with van der Waals surface area (Å²) in [6.07, 6.45) is 0. The number of ether oxygens (including phenoxy) is 1. The lowest BCUT2D eigenvalue weighted by molar-refractivity contribution is 0.0421. The minimum Gasteiger partial charge on any atom is -0.460 e. The van der Waals surface area contributed by atoms with Crippen LogP contribution in [0.15, 0.2) is 77.7 Å². The van der Waals surface area contributed by atoms with Gasteiger partial charge in [-0.3, -0.25) is 14.5 Å². The van der Waals surface area contributed by atoms with Crippen molar-refractivity contribution in [3.05, 3.63) is 89.5 Å². The number of halogens is 2. The Balaban J connectivity index is 1.38. The maximum atomic E-state index is 12.6. The Morgan fingerprint density at radius 1 is 0.909 bits per heavy atom. The maximum Gasteiger partial charge on any atom is 0.340 e. The molecule has 0 saturated carbocycles. The van der Waals surface area contributed by atoms with Crippen LogP contribution in [0.3, 0.4) is 0 Å². The minimum absolute atomic E-state index is 0.0586. The molecule has 4 rings (SSSR count). The predicted octanol–water partition coefficient (Wildman–Crippen LogP) is 5.20. The topological polar surface area (TPSA) is 75.7 Å². The monoisotopic (exact) mass is 468 g/mol. The number of alkyl halides is 2. The number of nitrogens with one attached hydrogen (secondary N) is 1. The molecule has 0 bridgehead atoms. The van der Waals surface area contributed by atoms with E-state index in [0.717, 1.165) is 4.90 Å². The Labute approximate surface area is 192 Å². The second kappa shape index (κ2) is 9.83. The normalized spacial score (nSPS) is 12.8. The van der Waals surface area contributed by atoms with E-state index in [0.29, 0.717) is 39.2 Å². The van der Waals surface area contributed by atoms with Crippen LogP contribution in [0.5, 0.6) is 0 Å². The number of hydrogen-bond donors (Lipinski definition) is 1. The molecule has 1 aliphatic heterocycles. The highest BCUT2D eigenvalue weighted by atomic mass is 32.2. The van der Waals surface area contributed by atoms with Gasteiger partial charge < -0.3 is 10.1 Å². The van der Waals surface area contributed by atoms with Gasteiger partial charge in [0.25, 0.3) is 17.6 Å². The van der Waals surface area contributed by atoms with Gasteiger partial charge in [-0.15, -0.1) is 0 Å². The van der Waals surface area contributed by atoms with Gasteiger partial charge in [0.15, 0.2) is 0 Å². The quantitative estimate of drug-likeness (QED) is 0.278. The lowest BCUT2D eigenvalue weighted by Crippen LogP contribution is -2.33. The zero-order valence-corrected chi connectivity index (χ0v) is 18.0. The number of carbonyl (C=O) groups is 3. The molecular formula is C24H18F2N2O4S. The van der Waals surface area contributed by atoms with Crippen LogP contribution in [0.4, 0.5) is 20.2 Å². The number of esters is 1. The zero-order chi connectivity index (χ0) is 23.4. The first-order valence-electron chi connectivity index (χ1n) is 9.97. The summed E-state index contributed by atoms with van der Waals surface area (Å²) in [6.45, 7) is -0.213. The molecule has 0 unspecified atom stereocenters. The van der Waals surface area contributed by atoms with Gasteiger partial charge in [-0.1, -0.05) is 36.0 Å². The molecule has 1 aliphatic rings. The number of benzene rings is 3. The van der Waals surface area contributed by atoms with Gasteiger partial charge in [-0.05, 0) is 48.5 Å². The van der Waals surface area contributed by atoms with E-state index in [1.165, 1.54) is 0 Å². The Bertz CT molecular complexity index is 1170. The summed E-state index contributed by atoms with van der Waals surface area (Å²) < 4.78 is 30.3. The van der Waals surface area contributed by atoms with Gasteiger partial charge in [-0.2, -0.15) is 8.78 Å². The third-order valence-electron chi connectivity index (χ3n) is 4.93. The van der Waals surface area contributed by atoms with Crippen LogP contribution in [0.2, 0.25) is 0 Å². The predicted molar refractivity (Wildman–Crippen MR) is 120 cm³/mol. The van der Waals surface area contributed by atoms with E-state index in [4.69, 9.17) is 4.74 Å². The van der Waals surface area contributed by atoms with Crippen LogP contribution in [-0.2, 0) is 4.74 Å². The van der Waals surface area contributed by atoms with Crippen LogP contribution < -0.4 is 5.32 Å². The first-order chi connectivity index (χ1) is 15.9. The summed E-state index contributed by atoms with van der Waals surface area (Å²) in [5, 5.41) is 3.08. The third-order valence-corrected chi connectivity index (χ3v) is 5.65. The molecule has 0 fully saturated rings. The lowest BCUT2D eigenvalue weighted by Gasteiger charge is -2.15. The van der Waals surface area contributed by atoms with Gasteiger partial charge >= 0.3 is 5.97 Å². The summed E-state index contributed by atoms with van der Waals surface area (Å²) in [6, 6.07) is 19.6. The SMILES string of the molecule is O=C(OCCN1C(=O)c2ccccc2C1=O)c1ccccc1Nc1ccc(SC(F)F)cc1. The fourth-order valence-corrected chi connectivity index (χ4v) is 3.89. The van der Waals surface area contributed by atoms with Crippen LogP contribution in [0, 0.1) is 0 Å². The summed E-state index contributed by atoms with van der Waals surface area (Å²) >= 11 is 0.450. The van der Waals surface area contributed by atoms with Crippen molar-refractivity contribution in [2.45, 2.75) is 10.7 Å². The summed E-state index contributed by atoms with van der Waals surface area (Å²) in [5.74, 6) is -3.96. The summed E-state index contributed by atoms with van der Waals surface area (Å²) in [7, 11) is 0. The van der Waals surface area contributed by atoms with Crippen molar-refractivity contribution >= 4 is 40.9 Å². The molecule has 0 radical (unpaired) electrons. The molecule has 0 aliphatic carbocycles. The largest absolute Gasteiger partial charge is 0.460 e. The maximum absolute atomic E-state index is 12.6. The third kappa shape index (κ3) is 5.04. The van der Waals surface area contributed by atoms with Crippen LogP contribution in [0.1, 0.15) is 31.1 Å². The van der Waals surface area contributed by atoms with Crippen molar-refractivity contribution in [3.8, 4) is 0 Å². The number of amides is 2. The van der Waals surface area contributed by atoms with Crippen LogP contribution >= 0.6 is 11.8 Å². The first kappa shape index (κ1) is 22.5. The highest BCUT2D eigenvalue weighted by molar-refractivity contribution is 7.99. The van der Waals surface area contributed by atoms with Crippen molar-refractivity contribution in [3.63, 3.8) is 0 Å². The Kier molecular flexibility index (Phi) is 6.69. The number of imide groups is 1. The zero-order valence-electron chi connectivity index (χ0n) is 17.2. The van der Waals surface area contributed by atoms with Crippen molar-refractivity contribution in [1.82, 2.24) is 4.90 Å². The lowest BCUT2D eigenvalue weighted by atomic mass is 10.1. The number of hydrogen-bond acceptors (Lipinski definition) is 6. The molecule has 1 heterocycles. The Morgan fingerprint density at radius 3 is 2.15 bits per heavy atom. The highest BCUT2D eigenvalue weighted by Gasteiger charge is 2.34. The van der Waals surface area contributed by atoms with Crippen molar-refractivity contribution < 1.29 is 27.9 Å². The molecule has 0 atom stereocenters. The van der Waals surface area contributed by atoms with E-state index in [2.05, 4.69) is 5.32 Å². The molecule has 0 spiro atoms. The molecule has 2 amide bonds. The van der Waals surface area contributed by atoms with E-state index in [1.807, 2.05) is 0 Å². The van der Waals surface area contributed by atoms with Crippen LogP contribution in [-0.4, -0.2) is 41.6 Å². The molecule has 3 aromatic rings. The average Bonchev–Trinajstić information content (AvgIpc) is 3.05. The second-order valence-corrected chi connectivity index (χ2v) is 8.08. The number of para-hydroxylation sites is 1. The molecule has 3 aromatic carbocycles. The van der Waals surface area contributed by atoms with E-state index in [9.17, 15) is 23.2 Å². The van der Waals surface area contributed by atoms with Crippen molar-refractivity contribution in [2.24, 2.45) is 0 Å². The van der Waals surface area contributed by atoms with Crippen molar-refractivity contribution in [2.75, 3.05) is 18.5 Å². The van der Waals surface area contributed by atoms with Gasteiger partial charge in [0.2, 0.25) is 0 Å². The summed E-state index contributed by atoms with van der Waals surface area (Å²) in [5.41, 5.74) is 2.01. The molecule has 0 aromatic heterocycles. The Hall–Kier alpha value is -3.72. The number of nitrogens with zero attached hydrogens (tertiary/aromatic N) is 1. The first-order valence-corrected chi connectivity index (χ1v) is 10.9. The molecular weight excluding hydrogens is 450 g/mol. The number of anilines is 2. The van der Waals surface area contributed by atoms with Gasteiger partial charge in [0.05, 0.1) is 28.9 Å². The fourth-order valence-electron chi connectivity index (χ4n) is 3.39. The van der Waals surface area contributed by atoms with Gasteiger partial charge in [-0.25, -0.2) is 4.79 Å². The van der Waals surface area contributed by atoms with Gasteiger partial charge in [0.1, 0.15) is 6.61 Å². The Morgan fingerprint density at radius 2 is 1.52 bits per heavy atom. The molecule has 9 heteroatoms. The fraction of sp³-hybridized carbons (Fsp3) is 0.125. The standard InChI is InChI=1S/C24H18F2N2O4S/c25-24(26)33-16-11-9-15(10-12-16)27-20-8-4-3-7-19(20)23(31)32-14-13-28-21(29)17-5-1-2-6-18(17)22(28)30/h1-12,24,27H,13-14H2. The number of rotatable bonds is 8. The average molecular weight is 468 g/mol. The number of fused-ring (bicyclic) bond motifs is 1. The minimum atomic E-state index is -2.50. The van der Waals surface area contributed by atoms with Crippen LogP contribution in [0.25, 0.3) is 0 Å². The van der Waals surface area contributed by atoms with Gasteiger partial charge in [0, 0.05) is 10.6 Å². The van der Waals surface area contributed by atoms with E-state index in [1.54, 1.807) is 72.8 Å². The molecule has 1 N–H and O–H groups in total. The second-order valence-electron chi connectivity index (χ2n) is 7.02. The molecule has 0 saturated heterocycles. The number of thioether (sulfide) groups is 1. The van der Waals surface area contributed by atoms with E-state index < -0.39 is 23.5 Å². The van der Waals surface area contributed by atoms with E-state index >= 15 is 0 Å². The molecule has 168 valence electrons. The number of carbonyl (C=O) groups excluding carboxylic acids is 3. The molecule has 33 heavy (non-hydrogen) atoms. The molecule has 6 nitrogen and oxygen atoms in total. The highest BCUT2D eigenvalue weighted by Crippen LogP contribution is 2.28. The van der Waals surface area contributed by atoms with E-state index in [-0.39, 0.29) is 18.7 Å². The smallest absolute Gasteiger partial charge is 0.340 e.